The molecule has 0 aliphatic carbocycles. The fraction of sp³-hybridized carbons (Fsp3) is 0.750. The lowest BCUT2D eigenvalue weighted by molar-refractivity contribution is -0.128. The van der Waals surface area contributed by atoms with Gasteiger partial charge in [-0.1, -0.05) is 0 Å². The van der Waals surface area contributed by atoms with Crippen LogP contribution in [0.5, 0.6) is 0 Å². The number of hydrazine groups is 1. The zero-order chi connectivity index (χ0) is 6.24. The van der Waals surface area contributed by atoms with Crippen LogP contribution in [0.25, 0.3) is 0 Å². The highest BCUT2D eigenvalue weighted by atomic mass is 16.5. The maximum atomic E-state index is 9.49. The summed E-state index contributed by atoms with van der Waals surface area (Å²) in [4.78, 5) is 9.49. The van der Waals surface area contributed by atoms with Crippen molar-refractivity contribution in [3.63, 3.8) is 0 Å². The number of hydrogen-bond acceptors (Lipinski definition) is 4. The number of rotatable bonds is 5. The standard InChI is InChI=1S/C4H10N2O2/c5-6-2-1-3-8-4-7/h4,6H,1-3,5H2. The molecule has 0 aromatic rings. The molecule has 0 aliphatic rings. The van der Waals surface area contributed by atoms with Crippen molar-refractivity contribution in [2.24, 2.45) is 5.84 Å². The van der Waals surface area contributed by atoms with Gasteiger partial charge in [0.15, 0.2) is 0 Å². The van der Waals surface area contributed by atoms with Crippen molar-refractivity contribution in [1.82, 2.24) is 5.43 Å². The molecule has 0 fully saturated rings. The van der Waals surface area contributed by atoms with E-state index in [9.17, 15) is 4.79 Å². The molecule has 3 N–H and O–H groups in total. The van der Waals surface area contributed by atoms with Crippen LogP contribution < -0.4 is 11.3 Å². The summed E-state index contributed by atoms with van der Waals surface area (Å²) >= 11 is 0. The van der Waals surface area contributed by atoms with Gasteiger partial charge in [-0.25, -0.2) is 0 Å². The molecule has 0 unspecified atom stereocenters. The number of nitrogens with one attached hydrogen (secondary N) is 1. The number of nitrogens with two attached hydrogens (primary N) is 1. The summed E-state index contributed by atoms with van der Waals surface area (Å²) < 4.78 is 4.36. The predicted octanol–water partition coefficient (Wildman–Crippen LogP) is -0.987. The Morgan fingerprint density at radius 2 is 2.50 bits per heavy atom. The van der Waals surface area contributed by atoms with Crippen molar-refractivity contribution in [3.05, 3.63) is 0 Å². The number of carbonyl (C=O) groups is 1. The first-order valence-electron chi connectivity index (χ1n) is 2.40. The van der Waals surface area contributed by atoms with E-state index in [1.165, 1.54) is 0 Å². The molecular formula is C4H10N2O2. The second kappa shape index (κ2) is 6.39. The summed E-state index contributed by atoms with van der Waals surface area (Å²) in [6.45, 7) is 1.54. The van der Waals surface area contributed by atoms with Gasteiger partial charge in [-0.15, -0.1) is 0 Å². The van der Waals surface area contributed by atoms with Gasteiger partial charge in [-0.05, 0) is 6.42 Å². The van der Waals surface area contributed by atoms with Crippen LogP contribution >= 0.6 is 0 Å². The minimum absolute atomic E-state index is 0.427. The molecule has 0 aromatic heterocycles. The molecule has 0 bridgehead atoms. The van der Waals surface area contributed by atoms with Gasteiger partial charge in [-0.2, -0.15) is 0 Å². The highest BCUT2D eigenvalue weighted by Gasteiger charge is 1.81. The lowest BCUT2D eigenvalue weighted by Gasteiger charge is -1.95. The Hall–Kier alpha value is -0.610. The normalized spacial score (nSPS) is 8.62. The fourth-order valence-electron chi connectivity index (χ4n) is 0.306. The maximum absolute atomic E-state index is 9.49. The third-order valence-corrected chi connectivity index (χ3v) is 0.651. The molecule has 0 saturated carbocycles. The Labute approximate surface area is 48.0 Å². The third-order valence-electron chi connectivity index (χ3n) is 0.651. The first kappa shape index (κ1) is 7.39. The molecule has 0 spiro atoms. The Morgan fingerprint density at radius 3 is 3.00 bits per heavy atom. The van der Waals surface area contributed by atoms with Crippen LogP contribution in [0.1, 0.15) is 6.42 Å². The van der Waals surface area contributed by atoms with Gasteiger partial charge in [0.1, 0.15) is 0 Å². The van der Waals surface area contributed by atoms with E-state index in [1.54, 1.807) is 0 Å². The largest absolute Gasteiger partial charge is 0.468 e. The number of carbonyl (C=O) groups excluding carboxylic acids is 1. The fourth-order valence-corrected chi connectivity index (χ4v) is 0.306. The zero-order valence-corrected chi connectivity index (χ0v) is 4.59. The van der Waals surface area contributed by atoms with E-state index in [0.717, 1.165) is 6.42 Å². The molecule has 0 aliphatic heterocycles. The summed E-state index contributed by atoms with van der Waals surface area (Å²) in [6.07, 6.45) is 0.759. The van der Waals surface area contributed by atoms with Gasteiger partial charge in [-0.3, -0.25) is 16.1 Å². The van der Waals surface area contributed by atoms with Gasteiger partial charge < -0.3 is 4.74 Å². The van der Waals surface area contributed by atoms with Crippen LogP contribution in [0, 0.1) is 0 Å². The molecule has 4 heteroatoms. The minimum Gasteiger partial charge on any atom is -0.468 e. The molecule has 0 amide bonds. The van der Waals surface area contributed by atoms with E-state index in [1.807, 2.05) is 0 Å². The van der Waals surface area contributed by atoms with Crippen molar-refractivity contribution >= 4 is 6.47 Å². The first-order chi connectivity index (χ1) is 3.91. The van der Waals surface area contributed by atoms with E-state index < -0.39 is 0 Å². The Balaban J connectivity index is 2.62. The van der Waals surface area contributed by atoms with Crippen LogP contribution in [-0.2, 0) is 9.53 Å². The predicted molar refractivity (Wildman–Crippen MR) is 28.8 cm³/mol. The van der Waals surface area contributed by atoms with Crippen molar-refractivity contribution in [3.8, 4) is 0 Å². The first-order valence-corrected chi connectivity index (χ1v) is 2.40. The Bertz CT molecular complexity index is 58.0. The molecule has 0 rings (SSSR count). The van der Waals surface area contributed by atoms with E-state index >= 15 is 0 Å². The summed E-state index contributed by atoms with van der Waals surface area (Å²) in [5.41, 5.74) is 2.43. The zero-order valence-electron chi connectivity index (χ0n) is 4.59. The van der Waals surface area contributed by atoms with E-state index in [4.69, 9.17) is 5.84 Å². The van der Waals surface area contributed by atoms with Gasteiger partial charge >= 0.3 is 0 Å². The number of hydrogen-bond donors (Lipinski definition) is 2. The van der Waals surface area contributed by atoms with Gasteiger partial charge in [0, 0.05) is 6.54 Å². The third kappa shape index (κ3) is 5.39. The van der Waals surface area contributed by atoms with Crippen LogP contribution in [0.2, 0.25) is 0 Å². The maximum Gasteiger partial charge on any atom is 0.293 e. The van der Waals surface area contributed by atoms with E-state index in [-0.39, 0.29) is 0 Å². The average molecular weight is 118 g/mol. The summed E-state index contributed by atoms with van der Waals surface area (Å²) in [5.74, 6) is 4.92. The highest BCUT2D eigenvalue weighted by molar-refractivity contribution is 5.36. The molecule has 0 heterocycles. The minimum atomic E-state index is 0.427. The lowest BCUT2D eigenvalue weighted by Crippen LogP contribution is -2.23. The van der Waals surface area contributed by atoms with Crippen LogP contribution in [0.4, 0.5) is 0 Å². The van der Waals surface area contributed by atoms with Gasteiger partial charge in [0.2, 0.25) is 0 Å². The van der Waals surface area contributed by atoms with Crippen LogP contribution in [-0.4, -0.2) is 19.6 Å². The molecule has 0 saturated heterocycles. The average Bonchev–Trinajstić information content (AvgIpc) is 1.81. The van der Waals surface area contributed by atoms with E-state index in [0.29, 0.717) is 19.6 Å². The molecule has 8 heavy (non-hydrogen) atoms. The number of ether oxygens (including phenoxy) is 1. The Morgan fingerprint density at radius 1 is 1.75 bits per heavy atom. The molecule has 4 nitrogen and oxygen atoms in total. The summed E-state index contributed by atoms with van der Waals surface area (Å²) in [5, 5.41) is 0. The second-order valence-electron chi connectivity index (χ2n) is 1.27. The van der Waals surface area contributed by atoms with Crippen LogP contribution in [0.3, 0.4) is 0 Å². The lowest BCUT2D eigenvalue weighted by atomic mass is 10.5. The molecule has 0 radical (unpaired) electrons. The van der Waals surface area contributed by atoms with Crippen molar-refractivity contribution in [2.75, 3.05) is 13.2 Å². The second-order valence-corrected chi connectivity index (χ2v) is 1.27. The Kier molecular flexibility index (Phi) is 5.90. The highest BCUT2D eigenvalue weighted by Crippen LogP contribution is 1.73. The summed E-state index contributed by atoms with van der Waals surface area (Å²) in [7, 11) is 0. The molecular weight excluding hydrogens is 108 g/mol. The van der Waals surface area contributed by atoms with Gasteiger partial charge in [0.25, 0.3) is 6.47 Å². The van der Waals surface area contributed by atoms with Crippen LogP contribution in [0.15, 0.2) is 0 Å². The molecule has 48 valence electrons. The van der Waals surface area contributed by atoms with Crippen molar-refractivity contribution < 1.29 is 9.53 Å². The quantitative estimate of drug-likeness (QED) is 0.210. The topological polar surface area (TPSA) is 64.3 Å². The van der Waals surface area contributed by atoms with Crippen molar-refractivity contribution in [2.45, 2.75) is 6.42 Å². The molecule has 0 aromatic carbocycles. The molecule has 0 atom stereocenters. The van der Waals surface area contributed by atoms with Crippen molar-refractivity contribution in [1.29, 1.82) is 0 Å². The summed E-state index contributed by atoms with van der Waals surface area (Å²) in [6, 6.07) is 0. The van der Waals surface area contributed by atoms with Gasteiger partial charge in [0.05, 0.1) is 6.61 Å². The smallest absolute Gasteiger partial charge is 0.293 e. The monoisotopic (exact) mass is 118 g/mol. The van der Waals surface area contributed by atoms with E-state index in [2.05, 4.69) is 10.2 Å². The SMILES string of the molecule is NNCCCOC=O.